The molecule has 17 N–H and O–H groups in total. The molecule has 4 aromatic heterocycles. The van der Waals surface area contributed by atoms with Crippen LogP contribution in [0.4, 0.5) is 17.3 Å². The summed E-state index contributed by atoms with van der Waals surface area (Å²) in [6, 6.07) is 19.6. The number of piperidine rings is 2. The molecule has 4 saturated heterocycles. The van der Waals surface area contributed by atoms with Gasteiger partial charge in [-0.05, 0) is 104 Å². The molecule has 4 fully saturated rings. The van der Waals surface area contributed by atoms with Gasteiger partial charge >= 0.3 is 5.97 Å². The van der Waals surface area contributed by atoms with E-state index in [-0.39, 0.29) is 100 Å². The fourth-order valence-corrected chi connectivity index (χ4v) is 13.6. The topological polar surface area (TPSA) is 543 Å². The van der Waals surface area contributed by atoms with Crippen molar-refractivity contribution < 1.29 is 103 Å². The lowest BCUT2D eigenvalue weighted by Gasteiger charge is -2.27. The van der Waals surface area contributed by atoms with Crippen LogP contribution in [0.3, 0.4) is 0 Å². The van der Waals surface area contributed by atoms with Gasteiger partial charge < -0.3 is 91.7 Å². The molecule has 4 aromatic carbocycles. The van der Waals surface area contributed by atoms with Crippen molar-refractivity contribution in [2.24, 2.45) is 5.73 Å². The number of hydrogen-bond acceptors (Lipinski definition) is 28. The lowest BCUT2D eigenvalue weighted by atomic mass is 9.99. The van der Waals surface area contributed by atoms with E-state index >= 15 is 0 Å². The molecule has 0 radical (unpaired) electrons. The van der Waals surface area contributed by atoms with Crippen LogP contribution >= 0.6 is 23.2 Å². The number of aromatic nitrogens is 6. The summed E-state index contributed by atoms with van der Waals surface area (Å²) >= 11 is 12.3. The van der Waals surface area contributed by atoms with E-state index in [2.05, 4.69) is 41.2 Å². The first-order valence-corrected chi connectivity index (χ1v) is 34.0. The Labute approximate surface area is 614 Å². The summed E-state index contributed by atoms with van der Waals surface area (Å²) < 4.78 is 25.5. The normalized spacial score (nSPS) is 23.0. The summed E-state index contributed by atoms with van der Waals surface area (Å²) in [6.07, 6.45) is -5.85. The number of carbonyl (C=O) groups is 10. The van der Waals surface area contributed by atoms with Crippen molar-refractivity contribution >= 4 is 122 Å². The third-order valence-electron chi connectivity index (χ3n) is 18.5. The van der Waals surface area contributed by atoms with Gasteiger partial charge in [-0.15, -0.1) is 0 Å². The van der Waals surface area contributed by atoms with E-state index in [9.17, 15) is 78.6 Å². The zero-order valence-corrected chi connectivity index (χ0v) is 57.5. The van der Waals surface area contributed by atoms with E-state index in [1.54, 1.807) is 54.9 Å². The third-order valence-corrected chi connectivity index (χ3v) is 19.2. The number of nitrogens with two attached hydrogens (primary N) is 3. The van der Waals surface area contributed by atoms with Gasteiger partial charge in [-0.1, -0.05) is 53.5 Å². The summed E-state index contributed by atoms with van der Waals surface area (Å²) in [7, 11) is 0. The second kappa shape index (κ2) is 31.9. The number of ether oxygens (including phenoxy) is 4. The number of nitrogen functional groups attached to an aromatic ring is 2. The number of benzene rings is 4. The number of carboxylic acid groups (broad SMARTS) is 1. The Bertz CT molecular complexity index is 4870. The van der Waals surface area contributed by atoms with Gasteiger partial charge in [0.05, 0.1) is 43.1 Å². The summed E-state index contributed by atoms with van der Waals surface area (Å²) in [5.74, 6) is -5.52. The predicted octanol–water partition coefficient (Wildman–Crippen LogP) is 0.490. The van der Waals surface area contributed by atoms with Gasteiger partial charge in [0.25, 0.3) is 29.5 Å². The SMILES string of the molecule is NCCCc1cccc2c1C(=O)N(C1CCC(=O)NC1=O)C2=O.Nc1ncnc2c1ccn2[C@@H]1O[C@H]([C@H](O)c2ccc(Cl)c(OCC(=O)NCCNc3cccc4c3C(=O)N(C3CCC(=O)NC3=O)C4=O)c2)[C@@H](O)[C@H]1O.Nc1ncnc2c1ccn2[C@@H]1O[C@H]([C@H](O)c2ccc(Cl)c(OCC(=O)O)c2)[C@@H](O)[C@H]1O. The molecule has 0 aliphatic carbocycles. The maximum Gasteiger partial charge on any atom is 0.341 e. The summed E-state index contributed by atoms with van der Waals surface area (Å²) in [4.78, 5) is 140. The smallest absolute Gasteiger partial charge is 0.341 e. The first kappa shape index (κ1) is 75.5. The molecule has 107 heavy (non-hydrogen) atoms. The number of fused-ring (bicyclic) bond motifs is 4. The van der Waals surface area contributed by atoms with Crippen LogP contribution in [0.1, 0.15) is 115 Å². The van der Waals surface area contributed by atoms with Gasteiger partial charge in [0.1, 0.15) is 108 Å². The van der Waals surface area contributed by atoms with Gasteiger partial charge in [-0.3, -0.25) is 63.6 Å². The van der Waals surface area contributed by atoms with Crippen molar-refractivity contribution in [1.82, 2.24) is 54.8 Å². The van der Waals surface area contributed by atoms with E-state index in [4.69, 9.17) is 64.5 Å². The van der Waals surface area contributed by atoms with Crippen molar-refractivity contribution in [2.45, 2.75) is 112 Å². The predicted molar refractivity (Wildman–Crippen MR) is 372 cm³/mol. The fraction of sp³-hybridized carbons (Fsp3) is 0.333. The second-order valence-corrected chi connectivity index (χ2v) is 26.1. The molecule has 36 nitrogen and oxygen atoms in total. The molecule has 0 saturated carbocycles. The summed E-state index contributed by atoms with van der Waals surface area (Å²) in [5.41, 5.74) is 20.5. The van der Waals surface area contributed by atoms with Crippen LogP contribution in [0.2, 0.25) is 10.0 Å². The van der Waals surface area contributed by atoms with Crippen LogP contribution in [0.15, 0.2) is 110 Å². The number of imide groups is 4. The Morgan fingerprint density at radius 2 is 1.08 bits per heavy atom. The maximum absolute atomic E-state index is 13.3. The van der Waals surface area contributed by atoms with Gasteiger partial charge in [0, 0.05) is 44.0 Å². The molecular weight excluding hydrogens is 1450 g/mol. The lowest BCUT2D eigenvalue weighted by Crippen LogP contribution is -2.54. The van der Waals surface area contributed by atoms with Crippen molar-refractivity contribution in [1.29, 1.82) is 0 Å². The molecular formula is C69H69Cl2N15O21. The molecule has 6 aliphatic heterocycles. The Balaban J connectivity index is 0.000000167. The van der Waals surface area contributed by atoms with Gasteiger partial charge in [0.2, 0.25) is 23.6 Å². The highest BCUT2D eigenvalue weighted by atomic mass is 35.5. The first-order valence-electron chi connectivity index (χ1n) is 33.2. The number of carboxylic acids is 1. The van der Waals surface area contributed by atoms with Gasteiger partial charge in [0.15, 0.2) is 25.7 Å². The number of aliphatic hydroxyl groups excluding tert-OH is 6. The number of anilines is 3. The Kier molecular flexibility index (Phi) is 22.5. The van der Waals surface area contributed by atoms with Crippen LogP contribution in [-0.2, 0) is 44.7 Å². The van der Waals surface area contributed by atoms with Gasteiger partial charge in [-0.25, -0.2) is 24.7 Å². The molecule has 8 aromatic rings. The highest BCUT2D eigenvalue weighted by Crippen LogP contribution is 2.42. The number of hydrogen-bond donors (Lipinski definition) is 14. The van der Waals surface area contributed by atoms with Crippen molar-refractivity contribution in [3.05, 3.63) is 159 Å². The van der Waals surface area contributed by atoms with E-state index in [0.29, 0.717) is 58.3 Å². The summed E-state index contributed by atoms with van der Waals surface area (Å²) in [6.45, 7) is -0.340. The molecule has 0 spiro atoms. The zero-order chi connectivity index (χ0) is 76.4. The van der Waals surface area contributed by atoms with Crippen LogP contribution in [-0.4, -0.2) is 215 Å². The van der Waals surface area contributed by atoms with E-state index < -0.39 is 140 Å². The Morgan fingerprint density at radius 1 is 0.607 bits per heavy atom. The minimum atomic E-state index is -1.49. The largest absolute Gasteiger partial charge is 0.482 e. The van der Waals surface area contributed by atoms with E-state index in [1.165, 1.54) is 64.3 Å². The zero-order valence-electron chi connectivity index (χ0n) is 56.0. The van der Waals surface area contributed by atoms with Crippen LogP contribution in [0.25, 0.3) is 22.1 Å². The number of rotatable bonds is 21. The number of aryl methyl sites for hydroxylation is 1. The average molecular weight is 1520 g/mol. The standard InChI is InChI=1S/C34H33ClN8O10.C19H19ClN4O7.C16H17N3O4/c35-18-5-4-15(25(46)28-26(47)27(48)34(53-28)42-11-8-17-29(36)39-14-40-30(17)42)12-21(18)52-13-23(45)38-10-9-37-19-3-1-2-16-24(19)33(51)43(32(16)50)20-6-7-22(44)41-31(20)49;20-10-2-1-8(5-11(10)30-6-12(25)26)13(27)16-14(28)15(29)19(31-16)24-4-3-9-17(21)22-7-23-18(9)24;17-8-2-4-9-3-1-5-10-13(9)16(23)19(15(10)22)11-6-7-12(20)18-14(11)21/h1-5,8,11-12,14,20,25-28,34,37,46-48H,6-7,9-10,13H2,(H,38,45)(H2,36,39,40)(H,41,44,49);1-5,7,13-16,19,27-29H,6H2,(H,25,26)(H2,21,22,23);1,3,5,11H,2,4,6-8,17H2,(H,18,20,21)/t20?,25-,26+,27-,28-,34-;13-,14+,15-,16-,19-;/m11./s1. The van der Waals surface area contributed by atoms with Crippen molar-refractivity contribution in [2.75, 3.05) is 49.6 Å². The minimum Gasteiger partial charge on any atom is -0.482 e. The van der Waals surface area contributed by atoms with Crippen LogP contribution in [0.5, 0.6) is 11.5 Å². The number of nitrogens with zero attached hydrogens (tertiary/aromatic N) is 8. The molecule has 14 rings (SSSR count). The fourth-order valence-electron chi connectivity index (χ4n) is 13.2. The average Bonchev–Trinajstić information content (AvgIpc) is 1.62. The quantitative estimate of drug-likeness (QED) is 0.0344. The van der Waals surface area contributed by atoms with Gasteiger partial charge in [-0.2, -0.15) is 0 Å². The first-order chi connectivity index (χ1) is 51.3. The van der Waals surface area contributed by atoms with Crippen molar-refractivity contribution in [3.63, 3.8) is 0 Å². The molecule has 38 heteroatoms. The number of nitrogens with one attached hydrogen (secondary N) is 4. The van der Waals surface area contributed by atoms with E-state index in [1.807, 2.05) is 0 Å². The second-order valence-electron chi connectivity index (χ2n) is 25.3. The molecule has 12 atom stereocenters. The number of halogens is 2. The number of aliphatic carboxylic acids is 1. The Hall–Kier alpha value is -11.2. The Morgan fingerprint density at radius 3 is 1.57 bits per heavy atom. The number of aliphatic hydroxyl groups is 6. The summed E-state index contributed by atoms with van der Waals surface area (Å²) in [5, 5.41) is 85.0. The highest BCUT2D eigenvalue weighted by molar-refractivity contribution is 6.32. The monoisotopic (exact) mass is 1510 g/mol. The number of amides is 9. The molecule has 0 bridgehead atoms. The highest BCUT2D eigenvalue weighted by Gasteiger charge is 2.51. The molecule has 10 heterocycles. The molecule has 6 aliphatic rings. The minimum absolute atomic E-state index is 0.00370. The van der Waals surface area contributed by atoms with Crippen LogP contribution in [0, 0.1) is 0 Å². The van der Waals surface area contributed by atoms with E-state index in [0.717, 1.165) is 15.4 Å². The van der Waals surface area contributed by atoms with Crippen molar-refractivity contribution in [3.8, 4) is 11.5 Å². The maximum atomic E-state index is 13.3. The molecule has 9 amide bonds. The molecule has 2 unspecified atom stereocenters. The lowest BCUT2D eigenvalue weighted by molar-refractivity contribution is -0.139. The third kappa shape index (κ3) is 15.2. The molecule has 560 valence electrons. The number of carbonyl (C=O) groups excluding carboxylic acids is 9. The van der Waals surface area contributed by atoms with Crippen LogP contribution < -0.4 is 47.9 Å².